The van der Waals surface area contributed by atoms with Crippen LogP contribution < -0.4 is 5.32 Å². The molecule has 142 valence electrons. The zero-order valence-electron chi connectivity index (χ0n) is 15.3. The van der Waals surface area contributed by atoms with Crippen molar-refractivity contribution in [1.29, 1.82) is 0 Å². The van der Waals surface area contributed by atoms with E-state index in [1.165, 1.54) is 0 Å². The van der Waals surface area contributed by atoms with Crippen molar-refractivity contribution in [3.8, 4) is 0 Å². The van der Waals surface area contributed by atoms with E-state index in [9.17, 15) is 9.90 Å². The summed E-state index contributed by atoms with van der Waals surface area (Å²) < 4.78 is 5.91. The summed E-state index contributed by atoms with van der Waals surface area (Å²) in [6.07, 6.45) is 2.07. The van der Waals surface area contributed by atoms with E-state index >= 15 is 0 Å². The first kappa shape index (κ1) is 17.9. The highest BCUT2D eigenvalue weighted by Crippen LogP contribution is 2.32. The quantitative estimate of drug-likeness (QED) is 0.743. The van der Waals surface area contributed by atoms with Gasteiger partial charge >= 0.3 is 5.97 Å². The van der Waals surface area contributed by atoms with Gasteiger partial charge in [-0.1, -0.05) is 30.3 Å². The Morgan fingerprint density at radius 1 is 1.15 bits per heavy atom. The van der Waals surface area contributed by atoms with Crippen molar-refractivity contribution < 1.29 is 14.6 Å². The number of piperidine rings is 3. The van der Waals surface area contributed by atoms with Gasteiger partial charge in [0.25, 0.3) is 0 Å². The highest BCUT2D eigenvalue weighted by atomic mass is 16.6. The van der Waals surface area contributed by atoms with Crippen molar-refractivity contribution in [2.24, 2.45) is 5.92 Å². The lowest BCUT2D eigenvalue weighted by Gasteiger charge is -2.45. The fourth-order valence-electron chi connectivity index (χ4n) is 4.46. The molecule has 4 saturated heterocycles. The topological polar surface area (TPSA) is 65.0 Å². The Morgan fingerprint density at radius 3 is 2.46 bits per heavy atom. The average molecular weight is 359 g/mol. The van der Waals surface area contributed by atoms with Gasteiger partial charge in [0.1, 0.15) is 6.10 Å². The van der Waals surface area contributed by atoms with E-state index in [0.717, 1.165) is 58.7 Å². The van der Waals surface area contributed by atoms with Gasteiger partial charge < -0.3 is 15.2 Å². The minimum atomic E-state index is -1.62. The van der Waals surface area contributed by atoms with Gasteiger partial charge in [-0.15, -0.1) is 0 Å². The molecule has 4 aliphatic heterocycles. The Kier molecular flexibility index (Phi) is 5.27. The molecule has 5 rings (SSSR count). The number of ether oxygens (including phenoxy) is 1. The van der Waals surface area contributed by atoms with Crippen LogP contribution in [0.1, 0.15) is 18.4 Å². The van der Waals surface area contributed by atoms with Gasteiger partial charge in [0.2, 0.25) is 0 Å². The normalized spacial score (nSPS) is 31.3. The molecule has 0 amide bonds. The Hall–Kier alpha value is -1.47. The molecule has 6 nitrogen and oxygen atoms in total. The molecule has 2 unspecified atom stereocenters. The van der Waals surface area contributed by atoms with E-state index < -0.39 is 11.6 Å². The van der Waals surface area contributed by atoms with E-state index in [-0.39, 0.29) is 12.6 Å². The van der Waals surface area contributed by atoms with Crippen LogP contribution in [0.4, 0.5) is 0 Å². The van der Waals surface area contributed by atoms with E-state index in [1.807, 2.05) is 30.3 Å². The summed E-state index contributed by atoms with van der Waals surface area (Å²) in [6, 6.07) is 9.26. The number of hydrogen-bond acceptors (Lipinski definition) is 6. The molecule has 0 aliphatic carbocycles. The zero-order chi connectivity index (χ0) is 18.0. The molecule has 4 aliphatic rings. The van der Waals surface area contributed by atoms with Gasteiger partial charge in [0.05, 0.1) is 0 Å². The Bertz CT molecular complexity index is 612. The summed E-state index contributed by atoms with van der Waals surface area (Å²) in [5.41, 5.74) is -1.00. The largest absolute Gasteiger partial charge is 0.458 e. The Morgan fingerprint density at radius 2 is 1.85 bits per heavy atom. The number of fused-ring (bicyclic) bond motifs is 3. The number of hydrogen-bond donors (Lipinski definition) is 2. The Labute approximate surface area is 155 Å². The van der Waals surface area contributed by atoms with Crippen molar-refractivity contribution in [2.75, 3.05) is 52.4 Å². The third-order valence-corrected chi connectivity index (χ3v) is 6.11. The maximum absolute atomic E-state index is 13.2. The second kappa shape index (κ2) is 7.64. The van der Waals surface area contributed by atoms with Crippen LogP contribution in [0.5, 0.6) is 0 Å². The van der Waals surface area contributed by atoms with Crippen LogP contribution in [0.2, 0.25) is 0 Å². The third kappa shape index (κ3) is 3.64. The van der Waals surface area contributed by atoms with Crippen molar-refractivity contribution in [2.45, 2.75) is 24.5 Å². The molecule has 2 N–H and O–H groups in total. The van der Waals surface area contributed by atoms with Crippen molar-refractivity contribution in [1.82, 2.24) is 15.1 Å². The molecule has 2 atom stereocenters. The van der Waals surface area contributed by atoms with Gasteiger partial charge in [0, 0.05) is 39.3 Å². The SMILES string of the molecule is O=C(OC1CN2CCC1CC2)C(O)(CN1CCNCC1)c1ccccc1. The van der Waals surface area contributed by atoms with Crippen LogP contribution >= 0.6 is 0 Å². The fourth-order valence-corrected chi connectivity index (χ4v) is 4.46. The van der Waals surface area contributed by atoms with Gasteiger partial charge in [-0.25, -0.2) is 4.79 Å². The molecular formula is C20H29N3O3. The lowest BCUT2D eigenvalue weighted by Crippen LogP contribution is -2.56. The molecule has 6 heteroatoms. The number of esters is 1. The summed E-state index contributed by atoms with van der Waals surface area (Å²) in [5.74, 6) is -0.0656. The highest BCUT2D eigenvalue weighted by Gasteiger charge is 2.45. The summed E-state index contributed by atoms with van der Waals surface area (Å²) in [7, 11) is 0. The first-order valence-corrected chi connectivity index (χ1v) is 9.79. The van der Waals surface area contributed by atoms with Crippen LogP contribution in [0.3, 0.4) is 0 Å². The summed E-state index contributed by atoms with van der Waals surface area (Å²) in [5, 5.41) is 14.8. The fraction of sp³-hybridized carbons (Fsp3) is 0.650. The molecule has 0 saturated carbocycles. The van der Waals surface area contributed by atoms with Crippen molar-refractivity contribution >= 4 is 5.97 Å². The number of piperazine rings is 1. The molecule has 26 heavy (non-hydrogen) atoms. The predicted octanol–water partition coefficient (Wildman–Crippen LogP) is 0.417. The Balaban J connectivity index is 1.52. The number of aliphatic hydroxyl groups is 1. The lowest BCUT2D eigenvalue weighted by molar-refractivity contribution is -0.183. The predicted molar refractivity (Wildman–Crippen MR) is 98.7 cm³/mol. The van der Waals surface area contributed by atoms with Gasteiger partial charge in [-0.05, 0) is 37.4 Å². The van der Waals surface area contributed by atoms with E-state index in [0.29, 0.717) is 11.5 Å². The van der Waals surface area contributed by atoms with Crippen LogP contribution in [-0.4, -0.2) is 79.3 Å². The molecule has 1 aromatic rings. The monoisotopic (exact) mass is 359 g/mol. The number of nitrogens with zero attached hydrogens (tertiary/aromatic N) is 2. The molecule has 1 aromatic carbocycles. The number of benzene rings is 1. The number of rotatable bonds is 5. The van der Waals surface area contributed by atoms with Gasteiger partial charge in [-0.3, -0.25) is 9.80 Å². The standard InChI is InChI=1S/C20H29N3O3/c24-19(26-18-14-22-10-6-16(18)7-11-22)20(25,17-4-2-1-3-5-17)15-23-12-8-21-9-13-23/h1-5,16,18,21,25H,6-15H2. The van der Waals surface area contributed by atoms with E-state index in [1.54, 1.807) is 0 Å². The second-order valence-electron chi connectivity index (χ2n) is 7.83. The molecule has 0 spiro atoms. The molecule has 0 aromatic heterocycles. The first-order valence-electron chi connectivity index (χ1n) is 9.79. The van der Waals surface area contributed by atoms with Gasteiger partial charge in [0.15, 0.2) is 5.60 Å². The third-order valence-electron chi connectivity index (χ3n) is 6.11. The summed E-state index contributed by atoms with van der Waals surface area (Å²) in [6.45, 7) is 6.67. The maximum Gasteiger partial charge on any atom is 0.344 e. The van der Waals surface area contributed by atoms with Crippen molar-refractivity contribution in [3.05, 3.63) is 35.9 Å². The van der Waals surface area contributed by atoms with Gasteiger partial charge in [-0.2, -0.15) is 0 Å². The average Bonchev–Trinajstić information content (AvgIpc) is 2.70. The molecule has 2 bridgehead atoms. The minimum Gasteiger partial charge on any atom is -0.458 e. The second-order valence-corrected chi connectivity index (χ2v) is 7.83. The van der Waals surface area contributed by atoms with Crippen LogP contribution in [-0.2, 0) is 15.1 Å². The van der Waals surface area contributed by atoms with Crippen LogP contribution in [0, 0.1) is 5.92 Å². The summed E-state index contributed by atoms with van der Waals surface area (Å²) >= 11 is 0. The maximum atomic E-state index is 13.2. The molecule has 4 fully saturated rings. The molecule has 4 heterocycles. The van der Waals surface area contributed by atoms with Crippen LogP contribution in [0.15, 0.2) is 30.3 Å². The first-order chi connectivity index (χ1) is 12.6. The number of nitrogens with one attached hydrogen (secondary N) is 1. The van der Waals surface area contributed by atoms with E-state index in [2.05, 4.69) is 15.1 Å². The highest BCUT2D eigenvalue weighted by molar-refractivity contribution is 5.81. The lowest BCUT2D eigenvalue weighted by atomic mass is 9.85. The minimum absolute atomic E-state index is 0.0942. The number of carbonyl (C=O) groups excluding carboxylic acids is 1. The molecular weight excluding hydrogens is 330 g/mol. The molecule has 0 radical (unpaired) electrons. The van der Waals surface area contributed by atoms with E-state index in [4.69, 9.17) is 4.74 Å². The smallest absolute Gasteiger partial charge is 0.344 e. The number of β-amino-alcohol motifs (C(OH)–C–C–N with tert-alkyl or cyclic N) is 1. The summed E-state index contributed by atoms with van der Waals surface area (Å²) in [4.78, 5) is 17.6. The van der Waals surface area contributed by atoms with Crippen molar-refractivity contribution in [3.63, 3.8) is 0 Å². The zero-order valence-corrected chi connectivity index (χ0v) is 15.3. The number of carbonyl (C=O) groups is 1. The van der Waals surface area contributed by atoms with Crippen LogP contribution in [0.25, 0.3) is 0 Å².